The number of carboxylic acids is 1. The topological polar surface area (TPSA) is 161 Å². The maximum Gasteiger partial charge on any atom is 0.341 e. The Morgan fingerprint density at radius 1 is 0.956 bits per heavy atom. The van der Waals surface area contributed by atoms with E-state index < -0.39 is 27.3 Å². The first-order valence-electron chi connectivity index (χ1n) is 14.6. The molecule has 0 spiro atoms. The third-order valence-corrected chi connectivity index (χ3v) is 9.19. The van der Waals surface area contributed by atoms with Gasteiger partial charge in [-0.05, 0) is 37.1 Å². The highest BCUT2D eigenvalue weighted by molar-refractivity contribution is 7.86. The van der Waals surface area contributed by atoms with Crippen LogP contribution in [0.4, 0.5) is 15.8 Å². The van der Waals surface area contributed by atoms with Gasteiger partial charge in [0, 0.05) is 73.4 Å². The molecule has 1 amide bonds. The fraction of sp³-hybridized carbons (Fsp3) is 0.323. The number of fused-ring (bicyclic) bond motifs is 2. The molecule has 3 aromatic carbocycles. The molecule has 45 heavy (non-hydrogen) atoms. The first kappa shape index (κ1) is 30.5. The van der Waals surface area contributed by atoms with Crippen molar-refractivity contribution < 1.29 is 32.1 Å². The molecular formula is C31H32FN5O7S. The summed E-state index contributed by atoms with van der Waals surface area (Å²) in [6.45, 7) is 2.83. The van der Waals surface area contributed by atoms with Crippen LogP contribution in [0.2, 0.25) is 0 Å². The Balaban J connectivity index is 1.04. The molecule has 236 valence electrons. The van der Waals surface area contributed by atoms with Crippen LogP contribution >= 0.6 is 0 Å². The highest BCUT2D eigenvalue weighted by Crippen LogP contribution is 2.38. The summed E-state index contributed by atoms with van der Waals surface area (Å²) >= 11 is 0. The van der Waals surface area contributed by atoms with Crippen molar-refractivity contribution in [3.63, 3.8) is 0 Å². The lowest BCUT2D eigenvalue weighted by Gasteiger charge is -2.36. The van der Waals surface area contributed by atoms with Crippen LogP contribution in [0.5, 0.6) is 0 Å². The molecule has 4 aromatic rings. The van der Waals surface area contributed by atoms with E-state index in [4.69, 9.17) is 0 Å². The van der Waals surface area contributed by atoms with E-state index in [1.54, 1.807) is 41.0 Å². The number of carbonyl (C=O) groups is 2. The van der Waals surface area contributed by atoms with Gasteiger partial charge in [-0.1, -0.05) is 24.3 Å². The van der Waals surface area contributed by atoms with Crippen molar-refractivity contribution in [3.05, 3.63) is 76.3 Å². The largest absolute Gasteiger partial charge is 0.477 e. The van der Waals surface area contributed by atoms with E-state index in [2.05, 4.69) is 10.6 Å². The van der Waals surface area contributed by atoms with E-state index in [1.165, 1.54) is 12.3 Å². The average Bonchev–Trinajstić information content (AvgIpc) is 3.85. The second-order valence-electron chi connectivity index (χ2n) is 11.3. The summed E-state index contributed by atoms with van der Waals surface area (Å²) in [6, 6.07) is 12.6. The van der Waals surface area contributed by atoms with Gasteiger partial charge in [-0.2, -0.15) is 8.42 Å². The van der Waals surface area contributed by atoms with Crippen LogP contribution in [-0.2, 0) is 14.9 Å². The second-order valence-corrected chi connectivity index (χ2v) is 12.7. The van der Waals surface area contributed by atoms with Crippen molar-refractivity contribution in [3.8, 4) is 0 Å². The van der Waals surface area contributed by atoms with Crippen LogP contribution in [0.3, 0.4) is 0 Å². The number of amides is 1. The SMILES string of the molecule is O=C(CN1CCN(c2cc3c(cc2F)c(=O)c(C(=O)O)cn3C2CC2)CC1)NCCNc1cccc2c(S(=O)(=O)O)cccc12. The molecule has 1 saturated heterocycles. The minimum Gasteiger partial charge on any atom is -0.477 e. The average molecular weight is 638 g/mol. The number of hydrogen-bond donors (Lipinski definition) is 4. The molecule has 1 aliphatic heterocycles. The number of nitrogens with one attached hydrogen (secondary N) is 2. The summed E-state index contributed by atoms with van der Waals surface area (Å²) in [6.07, 6.45) is 3.09. The molecule has 14 heteroatoms. The smallest absolute Gasteiger partial charge is 0.341 e. The number of hydrogen-bond acceptors (Lipinski definition) is 8. The summed E-state index contributed by atoms with van der Waals surface area (Å²) in [7, 11) is -4.38. The van der Waals surface area contributed by atoms with Crippen molar-refractivity contribution in [2.45, 2.75) is 23.8 Å². The van der Waals surface area contributed by atoms with Gasteiger partial charge in [0.25, 0.3) is 10.1 Å². The Labute approximate surface area is 257 Å². The number of halogens is 1. The number of nitrogens with zero attached hydrogens (tertiary/aromatic N) is 3. The predicted octanol–water partition coefficient (Wildman–Crippen LogP) is 2.92. The number of piperazine rings is 1. The normalized spacial score (nSPS) is 15.8. The standard InChI is InChI=1S/C31H32FN5O7S/c32-24-15-22-26(37(19-7-8-19)17-23(30(22)39)31(40)41)16-27(24)36-13-11-35(12-14-36)18-29(38)34-10-9-33-25-5-1-4-21-20(25)3-2-6-28(21)45(42,43)44/h1-6,15-17,19,33H,7-14,18H2,(H,34,38)(H,40,41)(H,42,43,44). The van der Waals surface area contributed by atoms with Crippen LogP contribution in [0, 0.1) is 5.82 Å². The molecule has 2 aliphatic rings. The minimum atomic E-state index is -4.38. The third-order valence-electron chi connectivity index (χ3n) is 8.27. The number of aromatic carboxylic acids is 1. The van der Waals surface area contributed by atoms with Gasteiger partial charge in [-0.25, -0.2) is 9.18 Å². The van der Waals surface area contributed by atoms with Crippen LogP contribution in [0.25, 0.3) is 21.7 Å². The lowest BCUT2D eigenvalue weighted by Crippen LogP contribution is -2.50. The number of carboxylic acid groups (broad SMARTS) is 1. The summed E-state index contributed by atoms with van der Waals surface area (Å²) in [5, 5.41) is 16.6. The fourth-order valence-electron chi connectivity index (χ4n) is 5.87. The predicted molar refractivity (Wildman–Crippen MR) is 167 cm³/mol. The molecule has 2 heterocycles. The Morgan fingerprint density at radius 3 is 2.36 bits per heavy atom. The Hall–Kier alpha value is -4.53. The summed E-state index contributed by atoms with van der Waals surface area (Å²) in [4.78, 5) is 40.7. The number of rotatable bonds is 10. The van der Waals surface area contributed by atoms with Gasteiger partial charge >= 0.3 is 5.97 Å². The van der Waals surface area contributed by atoms with Gasteiger partial charge in [-0.3, -0.25) is 19.0 Å². The lowest BCUT2D eigenvalue weighted by molar-refractivity contribution is -0.122. The third kappa shape index (κ3) is 6.34. The quantitative estimate of drug-likeness (QED) is 0.150. The number of anilines is 2. The van der Waals surface area contributed by atoms with Gasteiger partial charge in [0.05, 0.1) is 17.7 Å². The number of pyridine rings is 1. The first-order valence-corrected chi connectivity index (χ1v) is 16.0. The zero-order valence-corrected chi connectivity index (χ0v) is 25.0. The molecule has 1 aliphatic carbocycles. The summed E-state index contributed by atoms with van der Waals surface area (Å²) in [5.74, 6) is -2.10. The van der Waals surface area contributed by atoms with Gasteiger partial charge < -0.3 is 25.2 Å². The van der Waals surface area contributed by atoms with Crippen molar-refractivity contribution >= 4 is 55.0 Å². The highest BCUT2D eigenvalue weighted by Gasteiger charge is 2.29. The molecule has 0 unspecified atom stereocenters. The maximum absolute atomic E-state index is 15.3. The van der Waals surface area contributed by atoms with Crippen molar-refractivity contribution in [2.24, 2.45) is 0 Å². The molecule has 12 nitrogen and oxygen atoms in total. The minimum absolute atomic E-state index is 0.0520. The van der Waals surface area contributed by atoms with E-state index in [0.717, 1.165) is 18.9 Å². The molecule has 0 atom stereocenters. The lowest BCUT2D eigenvalue weighted by atomic mass is 10.1. The zero-order valence-electron chi connectivity index (χ0n) is 24.2. The van der Waals surface area contributed by atoms with E-state index in [1.807, 2.05) is 9.80 Å². The second kappa shape index (κ2) is 12.1. The monoisotopic (exact) mass is 637 g/mol. The first-order chi connectivity index (χ1) is 21.5. The van der Waals surface area contributed by atoms with Gasteiger partial charge in [-0.15, -0.1) is 0 Å². The highest BCUT2D eigenvalue weighted by atomic mass is 32.2. The van der Waals surface area contributed by atoms with Crippen LogP contribution in [0.1, 0.15) is 29.2 Å². The molecule has 1 aromatic heterocycles. The Kier molecular flexibility index (Phi) is 8.20. The van der Waals surface area contributed by atoms with E-state index in [0.29, 0.717) is 66.9 Å². The van der Waals surface area contributed by atoms with Crippen LogP contribution in [0.15, 0.2) is 64.4 Å². The van der Waals surface area contributed by atoms with Gasteiger partial charge in [0.1, 0.15) is 16.3 Å². The summed E-state index contributed by atoms with van der Waals surface area (Å²) < 4.78 is 50.0. The zero-order chi connectivity index (χ0) is 31.9. The summed E-state index contributed by atoms with van der Waals surface area (Å²) in [5.41, 5.74) is 0.454. The molecule has 0 radical (unpaired) electrons. The Bertz CT molecular complexity index is 1990. The Morgan fingerprint density at radius 2 is 1.67 bits per heavy atom. The molecule has 4 N–H and O–H groups in total. The molecule has 2 fully saturated rings. The van der Waals surface area contributed by atoms with Crippen molar-refractivity contribution in [1.29, 1.82) is 0 Å². The maximum atomic E-state index is 15.3. The van der Waals surface area contributed by atoms with Gasteiger partial charge in [0.2, 0.25) is 11.3 Å². The number of aromatic nitrogens is 1. The van der Waals surface area contributed by atoms with Crippen molar-refractivity contribution in [1.82, 2.24) is 14.8 Å². The van der Waals surface area contributed by atoms with E-state index in [9.17, 15) is 32.5 Å². The van der Waals surface area contributed by atoms with Gasteiger partial charge in [0.15, 0.2) is 0 Å². The number of benzene rings is 3. The van der Waals surface area contributed by atoms with Crippen LogP contribution < -0.4 is 21.0 Å². The molecular weight excluding hydrogens is 605 g/mol. The molecule has 6 rings (SSSR count). The van der Waals surface area contributed by atoms with E-state index >= 15 is 4.39 Å². The van der Waals surface area contributed by atoms with Crippen LogP contribution in [-0.4, -0.2) is 85.2 Å². The molecule has 1 saturated carbocycles. The number of carbonyl (C=O) groups excluding carboxylic acids is 1. The fourth-order valence-corrected chi connectivity index (χ4v) is 6.58. The van der Waals surface area contributed by atoms with Crippen molar-refractivity contribution in [2.75, 3.05) is 56.0 Å². The van der Waals surface area contributed by atoms with E-state index in [-0.39, 0.29) is 34.3 Å². The molecule has 0 bridgehead atoms.